The molecule has 0 rings (SSSR count). The van der Waals surface area contributed by atoms with E-state index in [1.807, 2.05) is 0 Å². The van der Waals surface area contributed by atoms with Crippen LogP contribution in [0.4, 0.5) is 0 Å². The molecule has 108 valence electrons. The molecule has 0 aromatic carbocycles. The first-order valence-corrected chi connectivity index (χ1v) is 8.31. The van der Waals surface area contributed by atoms with E-state index in [0.717, 1.165) is 0 Å². The van der Waals surface area contributed by atoms with Gasteiger partial charge in [-0.15, -0.1) is 0 Å². The Bertz CT molecular complexity index is 268. The topological polar surface area (TPSA) is 162 Å². The molecule has 2 atom stereocenters. The standard InChI is InChI=1S/C8H20O5P2.2H3N/c1-7(2)5-14(9,10)13-15(11,12)6-8(3)4;;/h7-8H,5-6H2,1-4H3,(H,9,10)(H,11,12);2*1H3. The van der Waals surface area contributed by atoms with Gasteiger partial charge in [0.2, 0.25) is 0 Å². The van der Waals surface area contributed by atoms with Crippen molar-refractivity contribution < 1.29 is 23.2 Å². The molecule has 8 N–H and O–H groups in total. The molecule has 0 bridgehead atoms. The zero-order valence-electron chi connectivity index (χ0n) is 11.5. The summed E-state index contributed by atoms with van der Waals surface area (Å²) in [4.78, 5) is 22.5. The maximum Gasteiger partial charge on any atom is 0.141 e. The summed E-state index contributed by atoms with van der Waals surface area (Å²) in [7, 11) is -8.50. The maximum absolute atomic E-state index is 11.3. The van der Waals surface area contributed by atoms with E-state index >= 15 is 0 Å². The van der Waals surface area contributed by atoms with E-state index in [1.165, 1.54) is 0 Å². The van der Waals surface area contributed by atoms with Gasteiger partial charge in [0.15, 0.2) is 0 Å². The molecule has 0 aliphatic carbocycles. The molecule has 0 saturated carbocycles. The lowest BCUT2D eigenvalue weighted by Crippen LogP contribution is -2.17. The van der Waals surface area contributed by atoms with Gasteiger partial charge >= 0.3 is 0 Å². The predicted molar refractivity (Wildman–Crippen MR) is 67.7 cm³/mol. The molecule has 0 amide bonds. The highest BCUT2D eigenvalue weighted by Crippen LogP contribution is 2.55. The molecule has 0 aliphatic heterocycles. The molecular weight excluding hydrogens is 266 g/mol. The molecule has 0 aromatic rings. The van der Waals surface area contributed by atoms with Gasteiger partial charge in [0.1, 0.15) is 15.2 Å². The van der Waals surface area contributed by atoms with E-state index in [4.69, 9.17) is 0 Å². The largest absolute Gasteiger partial charge is 0.778 e. The molecule has 7 nitrogen and oxygen atoms in total. The first-order chi connectivity index (χ1) is 6.54. The first kappa shape index (κ1) is 22.4. The van der Waals surface area contributed by atoms with Crippen LogP contribution in [0.3, 0.4) is 0 Å². The fourth-order valence-corrected chi connectivity index (χ4v) is 4.99. The molecule has 0 saturated heterocycles. The Hall–Kier alpha value is 0.260. The van der Waals surface area contributed by atoms with Crippen molar-refractivity contribution in [3.8, 4) is 0 Å². The van der Waals surface area contributed by atoms with Gasteiger partial charge in [0.05, 0.1) is 0 Å². The molecule has 2 unspecified atom stereocenters. The second kappa shape index (κ2) is 8.38. The molecule has 0 fully saturated rings. The van der Waals surface area contributed by atoms with Crippen molar-refractivity contribution in [1.29, 1.82) is 0 Å². The average molecular weight is 292 g/mol. The third-order valence-corrected chi connectivity index (χ3v) is 5.77. The van der Waals surface area contributed by atoms with Gasteiger partial charge in [-0.2, -0.15) is 0 Å². The third-order valence-electron chi connectivity index (χ3n) is 1.43. The van der Waals surface area contributed by atoms with Crippen LogP contribution >= 0.6 is 15.2 Å². The summed E-state index contributed by atoms with van der Waals surface area (Å²) < 4.78 is 26.8. The van der Waals surface area contributed by atoms with E-state index in [0.29, 0.717) is 0 Å². The van der Waals surface area contributed by atoms with E-state index in [9.17, 15) is 18.9 Å². The molecule has 0 aromatic heterocycles. The second-order valence-electron chi connectivity index (χ2n) is 4.46. The van der Waals surface area contributed by atoms with Gasteiger partial charge in [-0.05, 0) is 11.8 Å². The first-order valence-electron chi connectivity index (χ1n) is 4.85. The van der Waals surface area contributed by atoms with Gasteiger partial charge in [-0.3, -0.25) is 4.31 Å². The Kier molecular flexibility index (Phi) is 11.1. The van der Waals surface area contributed by atoms with E-state index in [-0.39, 0.29) is 36.5 Å². The lowest BCUT2D eigenvalue weighted by atomic mass is 10.3. The molecule has 9 heteroatoms. The number of hydrogen-bond acceptors (Lipinski definition) is 5. The Morgan fingerprint density at radius 1 is 0.882 bits per heavy atom. The normalized spacial score (nSPS) is 17.9. The number of rotatable bonds is 6. The quantitative estimate of drug-likeness (QED) is 0.715. The zero-order chi connectivity index (χ0) is 12.3. The van der Waals surface area contributed by atoms with Crippen LogP contribution in [0, 0.1) is 11.8 Å². The van der Waals surface area contributed by atoms with Crippen LogP contribution in [-0.2, 0) is 13.4 Å². The highest BCUT2D eigenvalue weighted by Gasteiger charge is 2.20. The van der Waals surface area contributed by atoms with Gasteiger partial charge in [0.25, 0.3) is 0 Å². The zero-order valence-corrected chi connectivity index (χ0v) is 13.3. The highest BCUT2D eigenvalue weighted by molar-refractivity contribution is 7.64. The van der Waals surface area contributed by atoms with Crippen LogP contribution in [0.15, 0.2) is 0 Å². The lowest BCUT2D eigenvalue weighted by Gasteiger charge is -2.33. The summed E-state index contributed by atoms with van der Waals surface area (Å²) in [5.74, 6) is -0.292. The highest BCUT2D eigenvalue weighted by atomic mass is 31.3. The second-order valence-corrected chi connectivity index (χ2v) is 8.28. The summed E-state index contributed by atoms with van der Waals surface area (Å²) in [6.45, 7) is 6.75. The van der Waals surface area contributed by atoms with Crippen molar-refractivity contribution >= 4 is 15.2 Å². The van der Waals surface area contributed by atoms with Crippen LogP contribution in [-0.4, -0.2) is 12.3 Å². The van der Waals surface area contributed by atoms with Crippen molar-refractivity contribution in [2.75, 3.05) is 12.3 Å². The van der Waals surface area contributed by atoms with E-state index in [1.54, 1.807) is 27.7 Å². The van der Waals surface area contributed by atoms with Gasteiger partial charge in [-0.1, -0.05) is 27.7 Å². The summed E-state index contributed by atoms with van der Waals surface area (Å²) >= 11 is 0. The Morgan fingerprint density at radius 3 is 1.29 bits per heavy atom. The van der Waals surface area contributed by atoms with E-state index in [2.05, 4.69) is 4.31 Å². The Morgan fingerprint density at radius 2 is 1.12 bits per heavy atom. The lowest BCUT2D eigenvalue weighted by molar-refractivity contribution is -0.214. The molecule has 0 spiro atoms. The summed E-state index contributed by atoms with van der Waals surface area (Å²) in [5.41, 5.74) is 0. The summed E-state index contributed by atoms with van der Waals surface area (Å²) in [6, 6.07) is 0. The number of hydrogen-bond donors (Lipinski definition) is 2. The Labute approximate surface area is 103 Å². The molecule has 0 heterocycles. The van der Waals surface area contributed by atoms with Gasteiger partial charge < -0.3 is 31.2 Å². The summed E-state index contributed by atoms with van der Waals surface area (Å²) in [5, 5.41) is 0. The van der Waals surface area contributed by atoms with Crippen molar-refractivity contribution in [3.05, 3.63) is 0 Å². The minimum atomic E-state index is -4.25. The smallest absolute Gasteiger partial charge is 0.141 e. The van der Waals surface area contributed by atoms with Crippen LogP contribution in [0.5, 0.6) is 0 Å². The fourth-order valence-electron chi connectivity index (χ4n) is 1.15. The van der Waals surface area contributed by atoms with Crippen molar-refractivity contribution in [1.82, 2.24) is 12.3 Å². The summed E-state index contributed by atoms with van der Waals surface area (Å²) in [6.07, 6.45) is -0.505. The number of quaternary nitrogens is 2. The fraction of sp³-hybridized carbons (Fsp3) is 1.00. The SMILES string of the molecule is CC(C)CP(=O)([O-])OP(=O)([O-])CC(C)C.[NH4+].[NH4+]. The van der Waals surface area contributed by atoms with Crippen LogP contribution in [0.25, 0.3) is 0 Å². The van der Waals surface area contributed by atoms with Crippen LogP contribution in [0.2, 0.25) is 0 Å². The van der Waals surface area contributed by atoms with Crippen molar-refractivity contribution in [2.24, 2.45) is 11.8 Å². The van der Waals surface area contributed by atoms with E-state index < -0.39 is 15.2 Å². The van der Waals surface area contributed by atoms with Gasteiger partial charge in [0, 0.05) is 12.3 Å². The minimum absolute atomic E-state index is 0. The molecular formula is C8H26N2O5P2. The van der Waals surface area contributed by atoms with Crippen LogP contribution < -0.4 is 22.1 Å². The molecule has 0 aliphatic rings. The van der Waals surface area contributed by atoms with Crippen molar-refractivity contribution in [3.63, 3.8) is 0 Å². The van der Waals surface area contributed by atoms with Gasteiger partial charge in [-0.25, -0.2) is 0 Å². The monoisotopic (exact) mass is 292 g/mol. The average Bonchev–Trinajstić information content (AvgIpc) is 1.73. The molecule has 17 heavy (non-hydrogen) atoms. The minimum Gasteiger partial charge on any atom is -0.778 e. The predicted octanol–water partition coefficient (Wildman–Crippen LogP) is 2.17. The maximum atomic E-state index is 11.3. The Balaban J connectivity index is -0.000000980. The van der Waals surface area contributed by atoms with Crippen molar-refractivity contribution in [2.45, 2.75) is 27.7 Å². The third kappa shape index (κ3) is 12.5. The van der Waals surface area contributed by atoms with Crippen LogP contribution in [0.1, 0.15) is 27.7 Å². The molecule has 0 radical (unpaired) electrons.